The molecule has 2 aliphatic heterocycles. The van der Waals surface area contributed by atoms with E-state index >= 15 is 0 Å². The molecule has 0 amide bonds. The molecular weight excluding hydrogens is 224 g/mol. The number of rotatable bonds is 3. The fourth-order valence-electron chi connectivity index (χ4n) is 3.06. The SMILES string of the molecule is COC1CCCN(Cc2ccc3c(c2)CCN3)C1. The molecule has 1 aromatic carbocycles. The van der Waals surface area contributed by atoms with E-state index in [9.17, 15) is 0 Å². The summed E-state index contributed by atoms with van der Waals surface area (Å²) >= 11 is 0. The van der Waals surface area contributed by atoms with Gasteiger partial charge in [0, 0.05) is 32.4 Å². The van der Waals surface area contributed by atoms with E-state index < -0.39 is 0 Å². The maximum atomic E-state index is 5.48. The monoisotopic (exact) mass is 246 g/mol. The van der Waals surface area contributed by atoms with Crippen molar-refractivity contribution in [1.82, 2.24) is 4.90 Å². The molecule has 1 unspecified atom stereocenters. The number of hydrogen-bond donors (Lipinski definition) is 1. The van der Waals surface area contributed by atoms with Crippen molar-refractivity contribution in [3.63, 3.8) is 0 Å². The predicted octanol–water partition coefficient (Wildman–Crippen LogP) is 2.27. The van der Waals surface area contributed by atoms with Gasteiger partial charge in [-0.1, -0.05) is 12.1 Å². The lowest BCUT2D eigenvalue weighted by Gasteiger charge is -2.31. The summed E-state index contributed by atoms with van der Waals surface area (Å²) in [5.41, 5.74) is 4.24. The zero-order valence-corrected chi connectivity index (χ0v) is 11.1. The molecule has 1 fully saturated rings. The second kappa shape index (κ2) is 5.29. The first kappa shape index (κ1) is 12.0. The third-order valence-electron chi connectivity index (χ3n) is 4.08. The third kappa shape index (κ3) is 2.52. The molecule has 0 aliphatic carbocycles. The first-order chi connectivity index (χ1) is 8.85. The molecule has 1 aromatic rings. The number of nitrogens with zero attached hydrogens (tertiary/aromatic N) is 1. The molecule has 1 N–H and O–H groups in total. The highest BCUT2D eigenvalue weighted by Gasteiger charge is 2.19. The Morgan fingerprint density at radius 1 is 1.44 bits per heavy atom. The number of likely N-dealkylation sites (tertiary alicyclic amines) is 1. The van der Waals surface area contributed by atoms with Crippen LogP contribution in [0.15, 0.2) is 18.2 Å². The summed E-state index contributed by atoms with van der Waals surface area (Å²) in [4.78, 5) is 2.52. The van der Waals surface area contributed by atoms with Crippen LogP contribution >= 0.6 is 0 Å². The van der Waals surface area contributed by atoms with Gasteiger partial charge in [-0.3, -0.25) is 4.90 Å². The molecule has 0 bridgehead atoms. The lowest BCUT2D eigenvalue weighted by molar-refractivity contribution is 0.0285. The lowest BCUT2D eigenvalue weighted by Crippen LogP contribution is -2.38. The molecule has 3 rings (SSSR count). The van der Waals surface area contributed by atoms with Crippen molar-refractivity contribution in [2.45, 2.75) is 31.9 Å². The summed E-state index contributed by atoms with van der Waals surface area (Å²) in [5.74, 6) is 0. The Hall–Kier alpha value is -1.06. The van der Waals surface area contributed by atoms with Crippen LogP contribution in [0.25, 0.3) is 0 Å². The molecule has 1 saturated heterocycles. The minimum Gasteiger partial charge on any atom is -0.384 e. The van der Waals surface area contributed by atoms with E-state index in [2.05, 4.69) is 28.4 Å². The summed E-state index contributed by atoms with van der Waals surface area (Å²) in [6, 6.07) is 6.86. The molecule has 98 valence electrons. The predicted molar refractivity (Wildman–Crippen MR) is 73.9 cm³/mol. The van der Waals surface area contributed by atoms with Crippen LogP contribution in [-0.4, -0.2) is 37.7 Å². The van der Waals surface area contributed by atoms with Gasteiger partial charge in [0.1, 0.15) is 0 Å². The van der Waals surface area contributed by atoms with Gasteiger partial charge in [0.15, 0.2) is 0 Å². The van der Waals surface area contributed by atoms with Gasteiger partial charge in [0.2, 0.25) is 0 Å². The van der Waals surface area contributed by atoms with Crippen molar-refractivity contribution in [3.05, 3.63) is 29.3 Å². The first-order valence-electron chi connectivity index (χ1n) is 6.96. The van der Waals surface area contributed by atoms with Crippen LogP contribution < -0.4 is 5.32 Å². The molecule has 2 aliphatic rings. The van der Waals surface area contributed by atoms with E-state index in [-0.39, 0.29) is 0 Å². The number of ether oxygens (including phenoxy) is 1. The summed E-state index contributed by atoms with van der Waals surface area (Å²) in [6.07, 6.45) is 4.06. The summed E-state index contributed by atoms with van der Waals surface area (Å²) < 4.78 is 5.48. The number of anilines is 1. The Kier molecular flexibility index (Phi) is 3.52. The highest BCUT2D eigenvalue weighted by atomic mass is 16.5. The minimum atomic E-state index is 0.426. The number of fused-ring (bicyclic) bond motifs is 1. The van der Waals surface area contributed by atoms with Crippen molar-refractivity contribution in [3.8, 4) is 0 Å². The molecular formula is C15H22N2O. The average Bonchev–Trinajstić information content (AvgIpc) is 2.86. The zero-order valence-electron chi connectivity index (χ0n) is 11.1. The Balaban J connectivity index is 1.65. The Bertz CT molecular complexity index is 419. The van der Waals surface area contributed by atoms with Gasteiger partial charge >= 0.3 is 0 Å². The Morgan fingerprint density at radius 3 is 3.28 bits per heavy atom. The molecule has 0 saturated carbocycles. The number of benzene rings is 1. The normalized spacial score (nSPS) is 23.7. The summed E-state index contributed by atoms with van der Waals surface area (Å²) in [6.45, 7) is 4.43. The summed E-state index contributed by atoms with van der Waals surface area (Å²) in [5, 5.41) is 3.41. The van der Waals surface area contributed by atoms with Gasteiger partial charge in [-0.25, -0.2) is 0 Å². The lowest BCUT2D eigenvalue weighted by atomic mass is 10.0. The molecule has 3 nitrogen and oxygen atoms in total. The molecule has 2 heterocycles. The maximum absolute atomic E-state index is 5.48. The third-order valence-corrected chi connectivity index (χ3v) is 4.08. The van der Waals surface area contributed by atoms with Gasteiger partial charge in [0.25, 0.3) is 0 Å². The van der Waals surface area contributed by atoms with E-state index in [1.54, 1.807) is 0 Å². The van der Waals surface area contributed by atoms with Crippen molar-refractivity contribution >= 4 is 5.69 Å². The van der Waals surface area contributed by atoms with Crippen LogP contribution in [0, 0.1) is 0 Å². The van der Waals surface area contributed by atoms with Gasteiger partial charge in [-0.15, -0.1) is 0 Å². The van der Waals surface area contributed by atoms with Crippen LogP contribution in [0.1, 0.15) is 24.0 Å². The van der Waals surface area contributed by atoms with E-state index in [1.165, 1.54) is 42.6 Å². The van der Waals surface area contributed by atoms with Gasteiger partial charge in [-0.2, -0.15) is 0 Å². The Labute approximate surface area is 109 Å². The molecule has 1 atom stereocenters. The van der Waals surface area contributed by atoms with E-state index in [1.807, 2.05) is 7.11 Å². The van der Waals surface area contributed by atoms with Gasteiger partial charge < -0.3 is 10.1 Å². The van der Waals surface area contributed by atoms with Gasteiger partial charge in [0.05, 0.1) is 6.10 Å². The van der Waals surface area contributed by atoms with E-state index in [0.717, 1.165) is 19.6 Å². The van der Waals surface area contributed by atoms with Crippen molar-refractivity contribution in [2.24, 2.45) is 0 Å². The topological polar surface area (TPSA) is 24.5 Å². The highest BCUT2D eigenvalue weighted by molar-refractivity contribution is 5.56. The fraction of sp³-hybridized carbons (Fsp3) is 0.600. The molecule has 18 heavy (non-hydrogen) atoms. The van der Waals surface area contributed by atoms with E-state index in [0.29, 0.717) is 6.10 Å². The van der Waals surface area contributed by atoms with Crippen LogP contribution in [0.2, 0.25) is 0 Å². The molecule has 0 spiro atoms. The number of hydrogen-bond acceptors (Lipinski definition) is 3. The maximum Gasteiger partial charge on any atom is 0.0698 e. The summed E-state index contributed by atoms with van der Waals surface area (Å²) in [7, 11) is 1.83. The van der Waals surface area contributed by atoms with Crippen LogP contribution in [0.4, 0.5) is 5.69 Å². The number of methoxy groups -OCH3 is 1. The Morgan fingerprint density at radius 2 is 2.39 bits per heavy atom. The van der Waals surface area contributed by atoms with Crippen LogP contribution in [0.3, 0.4) is 0 Å². The number of nitrogens with one attached hydrogen (secondary N) is 1. The largest absolute Gasteiger partial charge is 0.384 e. The number of piperidine rings is 1. The van der Waals surface area contributed by atoms with Crippen LogP contribution in [-0.2, 0) is 17.7 Å². The first-order valence-corrected chi connectivity index (χ1v) is 6.96. The molecule has 0 aromatic heterocycles. The van der Waals surface area contributed by atoms with E-state index in [4.69, 9.17) is 4.74 Å². The molecule has 0 radical (unpaired) electrons. The second-order valence-electron chi connectivity index (χ2n) is 5.40. The van der Waals surface area contributed by atoms with Crippen LogP contribution in [0.5, 0.6) is 0 Å². The average molecular weight is 246 g/mol. The minimum absolute atomic E-state index is 0.426. The standard InChI is InChI=1S/C15H22N2O/c1-18-14-3-2-8-17(11-14)10-12-4-5-15-13(9-12)6-7-16-15/h4-5,9,14,16H,2-3,6-8,10-11H2,1H3. The highest BCUT2D eigenvalue weighted by Crippen LogP contribution is 2.24. The van der Waals surface area contributed by atoms with Crippen molar-refractivity contribution < 1.29 is 4.74 Å². The fourth-order valence-corrected chi connectivity index (χ4v) is 3.06. The van der Waals surface area contributed by atoms with Crippen molar-refractivity contribution in [1.29, 1.82) is 0 Å². The quantitative estimate of drug-likeness (QED) is 0.885. The second-order valence-corrected chi connectivity index (χ2v) is 5.40. The van der Waals surface area contributed by atoms with Crippen molar-refractivity contribution in [2.75, 3.05) is 32.1 Å². The smallest absolute Gasteiger partial charge is 0.0698 e. The zero-order chi connectivity index (χ0) is 12.4. The van der Waals surface area contributed by atoms with Gasteiger partial charge in [-0.05, 0) is 43.0 Å². The molecule has 3 heteroatoms.